The SMILES string of the molecule is Cc1cc(NCc2ccccc2CN2CC(C)CC(C)C2)ncn1. The van der Waals surface area contributed by atoms with E-state index in [0.717, 1.165) is 36.4 Å². The van der Waals surface area contributed by atoms with Gasteiger partial charge in [-0.1, -0.05) is 38.1 Å². The number of aryl methyl sites for hydroxylation is 1. The third-order valence-electron chi connectivity index (χ3n) is 4.72. The van der Waals surface area contributed by atoms with Gasteiger partial charge in [0.05, 0.1) is 0 Å². The van der Waals surface area contributed by atoms with Gasteiger partial charge in [0.2, 0.25) is 0 Å². The third-order valence-corrected chi connectivity index (χ3v) is 4.72. The number of aromatic nitrogens is 2. The first-order chi connectivity index (χ1) is 11.6. The van der Waals surface area contributed by atoms with Gasteiger partial charge in [-0.05, 0) is 36.3 Å². The van der Waals surface area contributed by atoms with E-state index < -0.39 is 0 Å². The highest BCUT2D eigenvalue weighted by Crippen LogP contribution is 2.23. The van der Waals surface area contributed by atoms with Gasteiger partial charge in [-0.25, -0.2) is 9.97 Å². The second-order valence-corrected chi connectivity index (χ2v) is 7.31. The molecule has 1 aromatic carbocycles. The zero-order valence-corrected chi connectivity index (χ0v) is 15.0. The molecule has 1 aliphatic rings. The maximum atomic E-state index is 4.29. The van der Waals surface area contributed by atoms with Crippen LogP contribution in [0.5, 0.6) is 0 Å². The number of likely N-dealkylation sites (tertiary alicyclic amines) is 1. The van der Waals surface area contributed by atoms with Crippen LogP contribution in [-0.4, -0.2) is 28.0 Å². The van der Waals surface area contributed by atoms with Crippen LogP contribution in [0.1, 0.15) is 37.1 Å². The molecule has 1 saturated heterocycles. The van der Waals surface area contributed by atoms with Crippen molar-refractivity contribution in [1.82, 2.24) is 14.9 Å². The van der Waals surface area contributed by atoms with Gasteiger partial charge < -0.3 is 5.32 Å². The topological polar surface area (TPSA) is 41.0 Å². The van der Waals surface area contributed by atoms with E-state index in [1.54, 1.807) is 6.33 Å². The number of nitrogens with one attached hydrogen (secondary N) is 1. The molecule has 2 heterocycles. The van der Waals surface area contributed by atoms with Crippen LogP contribution in [0.25, 0.3) is 0 Å². The van der Waals surface area contributed by atoms with E-state index in [1.807, 2.05) is 13.0 Å². The minimum Gasteiger partial charge on any atom is -0.366 e. The lowest BCUT2D eigenvalue weighted by molar-refractivity contribution is 0.134. The Morgan fingerprint density at radius 3 is 2.50 bits per heavy atom. The van der Waals surface area contributed by atoms with E-state index in [4.69, 9.17) is 0 Å². The smallest absolute Gasteiger partial charge is 0.129 e. The number of benzene rings is 1. The Morgan fingerprint density at radius 1 is 1.08 bits per heavy atom. The molecule has 4 heteroatoms. The van der Waals surface area contributed by atoms with Gasteiger partial charge in [-0.2, -0.15) is 0 Å². The van der Waals surface area contributed by atoms with Gasteiger partial charge in [0, 0.05) is 37.9 Å². The predicted molar refractivity (Wildman–Crippen MR) is 98.8 cm³/mol. The lowest BCUT2D eigenvalue weighted by Crippen LogP contribution is -2.38. The molecule has 1 aromatic heterocycles. The summed E-state index contributed by atoms with van der Waals surface area (Å²) in [7, 11) is 0. The molecule has 0 spiro atoms. The summed E-state index contributed by atoms with van der Waals surface area (Å²) >= 11 is 0. The second kappa shape index (κ2) is 7.75. The van der Waals surface area contributed by atoms with Crippen LogP contribution in [0.4, 0.5) is 5.82 Å². The van der Waals surface area contributed by atoms with E-state index in [9.17, 15) is 0 Å². The molecule has 0 amide bonds. The Balaban J connectivity index is 1.66. The number of piperidine rings is 1. The molecular formula is C20H28N4. The van der Waals surface area contributed by atoms with Gasteiger partial charge in [0.25, 0.3) is 0 Å². The van der Waals surface area contributed by atoms with Crippen LogP contribution in [0.3, 0.4) is 0 Å². The molecule has 0 saturated carbocycles. The lowest BCUT2D eigenvalue weighted by Gasteiger charge is -2.35. The summed E-state index contributed by atoms with van der Waals surface area (Å²) in [5, 5.41) is 3.43. The van der Waals surface area contributed by atoms with Crippen molar-refractivity contribution >= 4 is 5.82 Å². The first kappa shape index (κ1) is 16.9. The van der Waals surface area contributed by atoms with Crippen LogP contribution in [-0.2, 0) is 13.1 Å². The highest BCUT2D eigenvalue weighted by molar-refractivity contribution is 5.37. The van der Waals surface area contributed by atoms with Gasteiger partial charge in [-0.15, -0.1) is 0 Å². The standard InChI is InChI=1S/C20H28N4/c1-15-8-16(2)12-24(11-15)13-19-7-5-4-6-18(19)10-21-20-9-17(3)22-14-23-20/h4-7,9,14-16H,8,10-13H2,1-3H3,(H,21,22,23). The molecule has 24 heavy (non-hydrogen) atoms. The predicted octanol–water partition coefficient (Wildman–Crippen LogP) is 3.88. The van der Waals surface area contributed by atoms with Crippen molar-refractivity contribution in [3.05, 3.63) is 53.5 Å². The van der Waals surface area contributed by atoms with Crippen molar-refractivity contribution in [1.29, 1.82) is 0 Å². The normalized spacial score (nSPS) is 21.6. The summed E-state index contributed by atoms with van der Waals surface area (Å²) in [5.74, 6) is 2.48. The molecule has 0 aliphatic carbocycles. The maximum absolute atomic E-state index is 4.29. The average molecular weight is 324 g/mol. The summed E-state index contributed by atoms with van der Waals surface area (Å²) in [6.07, 6.45) is 2.97. The van der Waals surface area contributed by atoms with Crippen LogP contribution in [0.15, 0.2) is 36.7 Å². The zero-order chi connectivity index (χ0) is 16.9. The molecule has 0 radical (unpaired) electrons. The monoisotopic (exact) mass is 324 g/mol. The van der Waals surface area contributed by atoms with Crippen molar-refractivity contribution in [2.24, 2.45) is 11.8 Å². The summed E-state index contributed by atoms with van der Waals surface area (Å²) < 4.78 is 0. The fraction of sp³-hybridized carbons (Fsp3) is 0.500. The second-order valence-electron chi connectivity index (χ2n) is 7.31. The molecule has 0 bridgehead atoms. The number of nitrogens with zero attached hydrogens (tertiary/aromatic N) is 3. The minimum absolute atomic E-state index is 0.794. The summed E-state index contributed by atoms with van der Waals surface area (Å²) in [5.41, 5.74) is 3.74. The summed E-state index contributed by atoms with van der Waals surface area (Å²) in [6, 6.07) is 10.7. The lowest BCUT2D eigenvalue weighted by atomic mass is 9.91. The van der Waals surface area contributed by atoms with E-state index in [-0.39, 0.29) is 0 Å². The molecule has 4 nitrogen and oxygen atoms in total. The first-order valence-corrected chi connectivity index (χ1v) is 8.92. The largest absolute Gasteiger partial charge is 0.366 e. The average Bonchev–Trinajstić information content (AvgIpc) is 2.53. The van der Waals surface area contributed by atoms with Crippen molar-refractivity contribution in [2.45, 2.75) is 40.3 Å². The van der Waals surface area contributed by atoms with Crippen LogP contribution < -0.4 is 5.32 Å². The summed E-state index contributed by atoms with van der Waals surface area (Å²) in [6.45, 7) is 11.0. The third kappa shape index (κ3) is 4.54. The molecule has 2 unspecified atom stereocenters. The van der Waals surface area contributed by atoms with Gasteiger partial charge in [0.15, 0.2) is 0 Å². The van der Waals surface area contributed by atoms with Crippen LogP contribution in [0.2, 0.25) is 0 Å². The van der Waals surface area contributed by atoms with Crippen molar-refractivity contribution in [3.63, 3.8) is 0 Å². The highest BCUT2D eigenvalue weighted by atomic mass is 15.1. The molecule has 2 atom stereocenters. The van der Waals surface area contributed by atoms with Gasteiger partial charge in [0.1, 0.15) is 12.1 Å². The van der Waals surface area contributed by atoms with E-state index in [1.165, 1.54) is 30.6 Å². The molecule has 1 aliphatic heterocycles. The Morgan fingerprint density at radius 2 is 1.79 bits per heavy atom. The zero-order valence-electron chi connectivity index (χ0n) is 15.0. The van der Waals surface area contributed by atoms with Crippen molar-refractivity contribution in [3.8, 4) is 0 Å². The van der Waals surface area contributed by atoms with Crippen LogP contribution in [0, 0.1) is 18.8 Å². The number of rotatable bonds is 5. The van der Waals surface area contributed by atoms with Crippen molar-refractivity contribution < 1.29 is 0 Å². The highest BCUT2D eigenvalue weighted by Gasteiger charge is 2.22. The molecule has 128 valence electrons. The van der Waals surface area contributed by atoms with Gasteiger partial charge >= 0.3 is 0 Å². The van der Waals surface area contributed by atoms with Gasteiger partial charge in [-0.3, -0.25) is 4.90 Å². The number of hydrogen-bond donors (Lipinski definition) is 1. The fourth-order valence-electron chi connectivity index (χ4n) is 3.78. The Kier molecular flexibility index (Phi) is 5.46. The maximum Gasteiger partial charge on any atom is 0.129 e. The number of anilines is 1. The minimum atomic E-state index is 0.794. The Labute approximate surface area is 145 Å². The quantitative estimate of drug-likeness (QED) is 0.906. The Bertz CT molecular complexity index is 660. The summed E-state index contributed by atoms with van der Waals surface area (Å²) in [4.78, 5) is 11.0. The number of hydrogen-bond acceptors (Lipinski definition) is 4. The molecule has 2 aromatic rings. The molecule has 3 rings (SSSR count). The molecule has 1 N–H and O–H groups in total. The molecular weight excluding hydrogens is 296 g/mol. The fourth-order valence-corrected chi connectivity index (χ4v) is 3.78. The van der Waals surface area contributed by atoms with E-state index in [2.05, 4.69) is 58.3 Å². The Hall–Kier alpha value is -1.94. The molecule has 1 fully saturated rings. The van der Waals surface area contributed by atoms with E-state index >= 15 is 0 Å². The first-order valence-electron chi connectivity index (χ1n) is 8.92. The van der Waals surface area contributed by atoms with Crippen molar-refractivity contribution in [2.75, 3.05) is 18.4 Å². The van der Waals surface area contributed by atoms with Crippen LogP contribution >= 0.6 is 0 Å². The van der Waals surface area contributed by atoms with E-state index in [0.29, 0.717) is 0 Å².